The van der Waals surface area contributed by atoms with Crippen molar-refractivity contribution < 1.29 is 4.79 Å². The monoisotopic (exact) mass is 189 g/mol. The molecular formula is C7H5Cl2NO. The molecule has 0 atom stereocenters. The van der Waals surface area contributed by atoms with E-state index in [1.165, 1.54) is 12.1 Å². The van der Waals surface area contributed by atoms with Crippen molar-refractivity contribution in [3.8, 4) is 0 Å². The van der Waals surface area contributed by atoms with E-state index >= 15 is 0 Å². The Morgan fingerprint density at radius 3 is 2.55 bits per heavy atom. The van der Waals surface area contributed by atoms with E-state index in [-0.39, 0.29) is 5.02 Å². The summed E-state index contributed by atoms with van der Waals surface area (Å²) < 4.78 is 0. The topological polar surface area (TPSA) is 43.1 Å². The van der Waals surface area contributed by atoms with E-state index in [4.69, 9.17) is 28.9 Å². The summed E-state index contributed by atoms with van der Waals surface area (Å²) in [4.78, 5) is 10.3. The van der Waals surface area contributed by atoms with E-state index in [0.29, 0.717) is 22.6 Å². The second-order valence-corrected chi connectivity index (χ2v) is 2.83. The molecule has 0 aliphatic carbocycles. The molecule has 0 unspecified atom stereocenters. The van der Waals surface area contributed by atoms with Crippen LogP contribution in [0.4, 0.5) is 5.69 Å². The summed E-state index contributed by atoms with van der Waals surface area (Å²) in [7, 11) is 0. The molecule has 0 saturated carbocycles. The molecule has 1 aromatic carbocycles. The van der Waals surface area contributed by atoms with Gasteiger partial charge in [-0.05, 0) is 12.1 Å². The van der Waals surface area contributed by atoms with Crippen LogP contribution < -0.4 is 5.73 Å². The van der Waals surface area contributed by atoms with E-state index in [9.17, 15) is 4.79 Å². The van der Waals surface area contributed by atoms with Gasteiger partial charge in [0.1, 0.15) is 0 Å². The van der Waals surface area contributed by atoms with Gasteiger partial charge in [0.25, 0.3) is 0 Å². The third-order valence-corrected chi connectivity index (χ3v) is 1.88. The molecule has 0 aromatic heterocycles. The normalized spacial score (nSPS) is 9.64. The molecule has 0 spiro atoms. The van der Waals surface area contributed by atoms with Crippen molar-refractivity contribution in [3.05, 3.63) is 27.7 Å². The molecule has 0 saturated heterocycles. The molecule has 1 aromatic rings. The van der Waals surface area contributed by atoms with Crippen molar-refractivity contribution >= 4 is 35.2 Å². The van der Waals surface area contributed by atoms with Gasteiger partial charge in [-0.2, -0.15) is 0 Å². The molecule has 58 valence electrons. The minimum absolute atomic E-state index is 0.254. The van der Waals surface area contributed by atoms with Crippen molar-refractivity contribution in [1.29, 1.82) is 0 Å². The molecule has 2 nitrogen and oxygen atoms in total. The standard InChI is InChI=1S/C7H5Cl2NO/c8-5-1-4(3-11)7(9)6(10)2-5/h1-3H,10H2. The first-order valence-corrected chi connectivity index (χ1v) is 3.60. The number of nitrogen functional groups attached to an aromatic ring is 1. The summed E-state index contributed by atoms with van der Waals surface area (Å²) in [6, 6.07) is 2.96. The molecule has 0 heterocycles. The van der Waals surface area contributed by atoms with Crippen LogP contribution in [0.25, 0.3) is 0 Å². The molecule has 0 radical (unpaired) electrons. The lowest BCUT2D eigenvalue weighted by Gasteiger charge is -2.00. The second kappa shape index (κ2) is 3.11. The molecule has 0 fully saturated rings. The third kappa shape index (κ3) is 1.64. The first kappa shape index (κ1) is 8.37. The van der Waals surface area contributed by atoms with Crippen LogP contribution in [0.15, 0.2) is 12.1 Å². The maximum Gasteiger partial charge on any atom is 0.151 e. The van der Waals surface area contributed by atoms with Gasteiger partial charge in [-0.15, -0.1) is 0 Å². The van der Waals surface area contributed by atoms with Gasteiger partial charge in [-0.25, -0.2) is 0 Å². The van der Waals surface area contributed by atoms with Crippen LogP contribution in [0.1, 0.15) is 10.4 Å². The van der Waals surface area contributed by atoms with Gasteiger partial charge >= 0.3 is 0 Å². The second-order valence-electron chi connectivity index (χ2n) is 2.02. The lowest BCUT2D eigenvalue weighted by Crippen LogP contribution is -1.90. The molecule has 0 aliphatic heterocycles. The van der Waals surface area contributed by atoms with Crippen molar-refractivity contribution in [1.82, 2.24) is 0 Å². The van der Waals surface area contributed by atoms with Crippen LogP contribution >= 0.6 is 23.2 Å². The molecular weight excluding hydrogens is 185 g/mol. The fraction of sp³-hybridized carbons (Fsp3) is 0. The largest absolute Gasteiger partial charge is 0.397 e. The van der Waals surface area contributed by atoms with Gasteiger partial charge in [-0.1, -0.05) is 23.2 Å². The van der Waals surface area contributed by atoms with Crippen LogP contribution in [-0.2, 0) is 0 Å². The van der Waals surface area contributed by atoms with Crippen molar-refractivity contribution in [2.75, 3.05) is 5.73 Å². The molecule has 1 rings (SSSR count). The minimum atomic E-state index is 0.254. The summed E-state index contributed by atoms with van der Waals surface area (Å²) in [5, 5.41) is 0.665. The van der Waals surface area contributed by atoms with Gasteiger partial charge in [0, 0.05) is 10.6 Å². The number of carbonyl (C=O) groups excluding carboxylic acids is 1. The zero-order valence-electron chi connectivity index (χ0n) is 5.47. The van der Waals surface area contributed by atoms with Crippen LogP contribution in [0.3, 0.4) is 0 Å². The molecule has 0 aliphatic rings. The fourth-order valence-corrected chi connectivity index (χ4v) is 1.11. The smallest absolute Gasteiger partial charge is 0.151 e. The highest BCUT2D eigenvalue weighted by Crippen LogP contribution is 2.26. The fourth-order valence-electron chi connectivity index (χ4n) is 0.718. The molecule has 0 amide bonds. The van der Waals surface area contributed by atoms with E-state index in [1.807, 2.05) is 0 Å². The first-order valence-electron chi connectivity index (χ1n) is 2.85. The Morgan fingerprint density at radius 1 is 1.36 bits per heavy atom. The first-order chi connectivity index (χ1) is 5.15. The Labute approximate surface area is 73.9 Å². The minimum Gasteiger partial charge on any atom is -0.397 e. The number of anilines is 1. The van der Waals surface area contributed by atoms with Gasteiger partial charge < -0.3 is 5.73 Å². The summed E-state index contributed by atoms with van der Waals surface area (Å²) in [6.45, 7) is 0. The van der Waals surface area contributed by atoms with E-state index in [0.717, 1.165) is 0 Å². The van der Waals surface area contributed by atoms with Crippen molar-refractivity contribution in [3.63, 3.8) is 0 Å². The summed E-state index contributed by atoms with van der Waals surface area (Å²) in [6.07, 6.45) is 0.616. The molecule has 2 N–H and O–H groups in total. The van der Waals surface area contributed by atoms with Gasteiger partial charge in [0.05, 0.1) is 10.7 Å². The van der Waals surface area contributed by atoms with Crippen LogP contribution in [0.5, 0.6) is 0 Å². The lowest BCUT2D eigenvalue weighted by atomic mass is 10.2. The summed E-state index contributed by atoms with van der Waals surface area (Å²) >= 11 is 11.3. The zero-order chi connectivity index (χ0) is 8.43. The number of hydrogen-bond acceptors (Lipinski definition) is 2. The van der Waals surface area contributed by atoms with Crippen molar-refractivity contribution in [2.24, 2.45) is 0 Å². The highest BCUT2D eigenvalue weighted by Gasteiger charge is 2.03. The van der Waals surface area contributed by atoms with E-state index in [2.05, 4.69) is 0 Å². The quantitative estimate of drug-likeness (QED) is 0.545. The zero-order valence-corrected chi connectivity index (χ0v) is 6.99. The highest BCUT2D eigenvalue weighted by molar-refractivity contribution is 6.37. The molecule has 4 heteroatoms. The van der Waals surface area contributed by atoms with Crippen LogP contribution in [0, 0.1) is 0 Å². The summed E-state index contributed by atoms with van der Waals surface area (Å²) in [5.41, 5.74) is 6.06. The maximum atomic E-state index is 10.3. The number of halogens is 2. The highest BCUT2D eigenvalue weighted by atomic mass is 35.5. The predicted molar refractivity (Wildman–Crippen MR) is 46.3 cm³/mol. The number of rotatable bonds is 1. The lowest BCUT2D eigenvalue weighted by molar-refractivity contribution is 0.112. The van der Waals surface area contributed by atoms with Crippen LogP contribution in [-0.4, -0.2) is 6.29 Å². The average Bonchev–Trinajstić information content (AvgIpc) is 1.96. The number of benzene rings is 1. The van der Waals surface area contributed by atoms with Crippen molar-refractivity contribution in [2.45, 2.75) is 0 Å². The predicted octanol–water partition coefficient (Wildman–Crippen LogP) is 2.39. The van der Waals surface area contributed by atoms with E-state index in [1.54, 1.807) is 0 Å². The Hall–Kier alpha value is -0.730. The average molecular weight is 190 g/mol. The number of carbonyl (C=O) groups is 1. The van der Waals surface area contributed by atoms with Gasteiger partial charge in [-0.3, -0.25) is 4.79 Å². The Balaban J connectivity index is 3.35. The summed E-state index contributed by atoms with van der Waals surface area (Å²) in [5.74, 6) is 0. The SMILES string of the molecule is Nc1cc(Cl)cc(C=O)c1Cl. The third-order valence-electron chi connectivity index (χ3n) is 1.22. The Bertz CT molecular complexity index is 299. The number of aldehydes is 1. The van der Waals surface area contributed by atoms with Crippen LogP contribution in [0.2, 0.25) is 10.0 Å². The van der Waals surface area contributed by atoms with Gasteiger partial charge in [0.2, 0.25) is 0 Å². The molecule has 0 bridgehead atoms. The maximum absolute atomic E-state index is 10.3. The van der Waals surface area contributed by atoms with E-state index < -0.39 is 0 Å². The number of nitrogens with two attached hydrogens (primary N) is 1. The number of hydrogen-bond donors (Lipinski definition) is 1. The van der Waals surface area contributed by atoms with Gasteiger partial charge in [0.15, 0.2) is 6.29 Å². The Morgan fingerprint density at radius 2 is 2.00 bits per heavy atom. The molecule has 11 heavy (non-hydrogen) atoms. The Kier molecular flexibility index (Phi) is 2.37.